The van der Waals surface area contributed by atoms with Gasteiger partial charge < -0.3 is 40.5 Å². The Morgan fingerprint density at radius 3 is 1.64 bits per heavy atom. The molecule has 0 unspecified atom stereocenters. The van der Waals surface area contributed by atoms with Gasteiger partial charge in [-0.3, -0.25) is 0 Å². The van der Waals surface area contributed by atoms with E-state index >= 15 is 0 Å². The van der Waals surface area contributed by atoms with Crippen molar-refractivity contribution in [3.8, 4) is 33.8 Å². The van der Waals surface area contributed by atoms with Crippen LogP contribution in [0.5, 0.6) is 11.5 Å². The Kier molecular flexibility index (Phi) is 6.74. The number of phenols is 2. The largest absolute Gasteiger partial charge is 0.748 e. The van der Waals surface area contributed by atoms with Gasteiger partial charge in [0, 0.05) is 19.5 Å². The molecular formula is C22H18O2Ru-6. The third kappa shape index (κ3) is 4.92. The van der Waals surface area contributed by atoms with E-state index in [2.05, 4.69) is 12.1 Å². The Morgan fingerprint density at radius 1 is 0.640 bits per heavy atom. The molecule has 0 bridgehead atoms. The molecule has 0 fully saturated rings. The molecule has 0 amide bonds. The second-order valence-electron chi connectivity index (χ2n) is 5.41. The minimum absolute atomic E-state index is 0. The average molecular weight is 415 g/mol. The van der Waals surface area contributed by atoms with Gasteiger partial charge in [0.15, 0.2) is 0 Å². The second kappa shape index (κ2) is 9.01. The van der Waals surface area contributed by atoms with Crippen LogP contribution in [-0.4, -0.2) is 10.2 Å². The fraction of sp³-hybridized carbons (Fsp3) is 0. The molecule has 0 aliphatic rings. The molecule has 4 aromatic carbocycles. The van der Waals surface area contributed by atoms with Crippen LogP contribution in [0.15, 0.2) is 97.1 Å². The maximum Gasteiger partial charge on any atom is 0.114 e. The molecule has 2 N–H and O–H groups in total. The van der Waals surface area contributed by atoms with Gasteiger partial charge >= 0.3 is 0 Å². The van der Waals surface area contributed by atoms with Gasteiger partial charge in [-0.2, -0.15) is 0 Å². The van der Waals surface area contributed by atoms with Gasteiger partial charge in [0.2, 0.25) is 0 Å². The topological polar surface area (TPSA) is 40.5 Å². The van der Waals surface area contributed by atoms with Crippen molar-refractivity contribution in [2.45, 2.75) is 0 Å². The number of benzene rings is 2. The summed E-state index contributed by atoms with van der Waals surface area (Å²) in [6, 6.07) is 30.4. The summed E-state index contributed by atoms with van der Waals surface area (Å²) in [7, 11) is 0. The standard InChI is InChI=1S/C17H13O2.C5H5.Ru/c18-14-8-4-12(5-9-14)16-2-1-3-17(16)13-6-10-15(19)11-7-13;1-2-4-5-3-1;/h1-11,18-19H;1-5H;/q-1;-5;. The van der Waals surface area contributed by atoms with Gasteiger partial charge in [0.05, 0.1) is 0 Å². The fourth-order valence-electron chi connectivity index (χ4n) is 2.53. The summed E-state index contributed by atoms with van der Waals surface area (Å²) < 4.78 is 0. The van der Waals surface area contributed by atoms with E-state index in [0.717, 1.165) is 22.3 Å². The second-order valence-corrected chi connectivity index (χ2v) is 5.41. The number of phenolic OH excluding ortho intramolecular Hbond substituents is 2. The molecule has 4 rings (SSSR count). The SMILES string of the molecule is Oc1ccc(-c2ccc[c-]2-c2ccc(O)cc2)cc1.[Ru].[cH-]1[cH-][cH-][cH-][cH-]1. The summed E-state index contributed by atoms with van der Waals surface area (Å²) in [5.41, 5.74) is 4.35. The molecule has 25 heavy (non-hydrogen) atoms. The quantitative estimate of drug-likeness (QED) is 0.333. The normalized spacial score (nSPS) is 9.60. The number of rotatable bonds is 2. The zero-order valence-corrected chi connectivity index (χ0v) is 15.2. The first-order chi connectivity index (χ1) is 11.7. The summed E-state index contributed by atoms with van der Waals surface area (Å²) in [5, 5.41) is 18.7. The van der Waals surface area contributed by atoms with Gasteiger partial charge in [-0.25, -0.2) is 0 Å². The molecule has 2 nitrogen and oxygen atoms in total. The van der Waals surface area contributed by atoms with E-state index in [4.69, 9.17) is 0 Å². The van der Waals surface area contributed by atoms with Gasteiger partial charge in [0.25, 0.3) is 0 Å². The zero-order valence-electron chi connectivity index (χ0n) is 13.5. The number of hydrogen-bond donors (Lipinski definition) is 2. The van der Waals surface area contributed by atoms with Crippen molar-refractivity contribution in [3.63, 3.8) is 0 Å². The molecule has 0 heterocycles. The van der Waals surface area contributed by atoms with Crippen molar-refractivity contribution in [2.24, 2.45) is 0 Å². The fourth-order valence-corrected chi connectivity index (χ4v) is 2.53. The van der Waals surface area contributed by atoms with E-state index < -0.39 is 0 Å². The van der Waals surface area contributed by atoms with Crippen molar-refractivity contribution >= 4 is 0 Å². The van der Waals surface area contributed by atoms with Gasteiger partial charge in [-0.05, 0) is 24.3 Å². The van der Waals surface area contributed by atoms with Crippen LogP contribution in [0, 0.1) is 0 Å². The van der Waals surface area contributed by atoms with Gasteiger partial charge in [-0.15, -0.1) is 35.9 Å². The molecular weight excluding hydrogens is 397 g/mol. The molecule has 4 aromatic rings. The molecule has 132 valence electrons. The predicted octanol–water partition coefficient (Wildman–Crippen LogP) is 5.55. The van der Waals surface area contributed by atoms with Crippen LogP contribution in [0.2, 0.25) is 0 Å². The predicted molar refractivity (Wildman–Crippen MR) is 98.3 cm³/mol. The minimum Gasteiger partial charge on any atom is -0.748 e. The molecule has 0 saturated carbocycles. The Morgan fingerprint density at radius 2 is 1.12 bits per heavy atom. The summed E-state index contributed by atoms with van der Waals surface area (Å²) in [6.45, 7) is 0. The van der Waals surface area contributed by atoms with Crippen molar-refractivity contribution in [2.75, 3.05) is 0 Å². The van der Waals surface area contributed by atoms with Gasteiger partial charge in [-0.1, -0.05) is 28.8 Å². The average Bonchev–Trinajstić information content (AvgIpc) is 3.31. The van der Waals surface area contributed by atoms with Crippen molar-refractivity contribution in [3.05, 3.63) is 97.1 Å². The van der Waals surface area contributed by atoms with E-state index in [1.54, 1.807) is 24.3 Å². The van der Waals surface area contributed by atoms with Crippen LogP contribution in [0.1, 0.15) is 0 Å². The third-order valence-electron chi connectivity index (χ3n) is 3.73. The molecule has 0 atom stereocenters. The molecule has 0 saturated heterocycles. The summed E-state index contributed by atoms with van der Waals surface area (Å²) >= 11 is 0. The van der Waals surface area contributed by atoms with E-state index in [1.165, 1.54) is 0 Å². The van der Waals surface area contributed by atoms with Crippen LogP contribution in [0.4, 0.5) is 0 Å². The van der Waals surface area contributed by atoms with Crippen molar-refractivity contribution < 1.29 is 29.7 Å². The molecule has 0 spiro atoms. The van der Waals surface area contributed by atoms with Crippen molar-refractivity contribution in [1.29, 1.82) is 0 Å². The Balaban J connectivity index is 0.000000325. The first-order valence-electron chi connectivity index (χ1n) is 7.75. The van der Waals surface area contributed by atoms with E-state index in [-0.39, 0.29) is 31.0 Å². The van der Waals surface area contributed by atoms with Crippen LogP contribution < -0.4 is 0 Å². The summed E-state index contributed by atoms with van der Waals surface area (Å²) in [6.07, 6.45) is 0. The molecule has 0 aliphatic heterocycles. The molecule has 0 aromatic heterocycles. The third-order valence-corrected chi connectivity index (χ3v) is 3.73. The van der Waals surface area contributed by atoms with Gasteiger partial charge in [0.1, 0.15) is 11.5 Å². The van der Waals surface area contributed by atoms with Crippen LogP contribution in [0.3, 0.4) is 0 Å². The Hall–Kier alpha value is -2.64. The maximum absolute atomic E-state index is 9.34. The van der Waals surface area contributed by atoms with Crippen molar-refractivity contribution in [1.82, 2.24) is 0 Å². The molecule has 0 radical (unpaired) electrons. The maximum atomic E-state index is 9.34. The van der Waals surface area contributed by atoms with Crippen LogP contribution >= 0.6 is 0 Å². The van der Waals surface area contributed by atoms with E-state index in [0.29, 0.717) is 0 Å². The van der Waals surface area contributed by atoms with Crippen LogP contribution in [-0.2, 0) is 19.5 Å². The minimum atomic E-state index is 0. The first-order valence-corrected chi connectivity index (χ1v) is 7.75. The van der Waals surface area contributed by atoms with E-state index in [9.17, 15) is 10.2 Å². The summed E-state index contributed by atoms with van der Waals surface area (Å²) in [5.74, 6) is 0.531. The molecule has 0 aliphatic carbocycles. The van der Waals surface area contributed by atoms with Crippen LogP contribution in [0.25, 0.3) is 22.3 Å². The zero-order chi connectivity index (χ0) is 16.8. The Bertz CT molecular complexity index is 780. The smallest absolute Gasteiger partial charge is 0.114 e. The monoisotopic (exact) mass is 416 g/mol. The Labute approximate surface area is 160 Å². The van der Waals surface area contributed by atoms with E-state index in [1.807, 2.05) is 60.7 Å². The molecule has 3 heteroatoms. The summed E-state index contributed by atoms with van der Waals surface area (Å²) in [4.78, 5) is 0. The first kappa shape index (κ1) is 18.7. The number of hydrogen-bond acceptors (Lipinski definition) is 2. The number of aromatic hydroxyl groups is 2.